The molecule has 1 aromatic rings. The van der Waals surface area contributed by atoms with E-state index in [9.17, 15) is 0 Å². The molecule has 4 bridgehead atoms. The molecule has 0 radical (unpaired) electrons. The highest BCUT2D eigenvalue weighted by molar-refractivity contribution is 5.46. The van der Waals surface area contributed by atoms with E-state index < -0.39 is 0 Å². The Morgan fingerprint density at radius 1 is 0.882 bits per heavy atom. The molecule has 3 heterocycles. The van der Waals surface area contributed by atoms with Crippen LogP contribution in [0.1, 0.15) is 25.7 Å². The summed E-state index contributed by atoms with van der Waals surface area (Å²) in [6.45, 7) is 2.59. The number of piperidine rings is 1. The van der Waals surface area contributed by atoms with Crippen molar-refractivity contribution in [3.05, 3.63) is 30.3 Å². The van der Waals surface area contributed by atoms with Gasteiger partial charge in [0, 0.05) is 19.1 Å². The molecule has 0 aromatic heterocycles. The molecule has 3 saturated heterocycles. The fourth-order valence-corrected chi connectivity index (χ4v) is 4.19. The quantitative estimate of drug-likeness (QED) is 0.729. The van der Waals surface area contributed by atoms with Gasteiger partial charge in [0.2, 0.25) is 0 Å². The van der Waals surface area contributed by atoms with Gasteiger partial charge in [0.05, 0.1) is 5.69 Å². The predicted molar refractivity (Wildman–Crippen MR) is 69.7 cm³/mol. The van der Waals surface area contributed by atoms with E-state index in [0.29, 0.717) is 0 Å². The van der Waals surface area contributed by atoms with Crippen molar-refractivity contribution < 1.29 is 0 Å². The van der Waals surface area contributed by atoms with Crippen molar-refractivity contribution in [3.8, 4) is 0 Å². The summed E-state index contributed by atoms with van der Waals surface area (Å²) in [6.07, 6.45) is 5.76. The maximum absolute atomic E-state index is 2.63. The molecule has 4 aliphatic rings. The molecule has 17 heavy (non-hydrogen) atoms. The standard InChI is InChI=1S/C15H20N2/c1-2-4-14(5-3-1)17-15-7-6-12-8-13(9-15)11-16(17)10-12/h1-5,12-13,15H,6-11H2. The first-order valence-corrected chi connectivity index (χ1v) is 6.99. The lowest BCUT2D eigenvalue weighted by Crippen LogP contribution is -2.57. The summed E-state index contributed by atoms with van der Waals surface area (Å²) in [5.74, 6) is 1.94. The van der Waals surface area contributed by atoms with Gasteiger partial charge in [-0.05, 0) is 49.7 Å². The van der Waals surface area contributed by atoms with Crippen LogP contribution in [-0.2, 0) is 0 Å². The Morgan fingerprint density at radius 3 is 2.59 bits per heavy atom. The number of rotatable bonds is 1. The first kappa shape index (κ1) is 9.95. The van der Waals surface area contributed by atoms with Crippen LogP contribution in [0.2, 0.25) is 0 Å². The summed E-state index contributed by atoms with van der Waals surface area (Å²) in [6, 6.07) is 11.7. The lowest BCUT2D eigenvalue weighted by Gasteiger charge is -2.50. The zero-order chi connectivity index (χ0) is 11.2. The van der Waals surface area contributed by atoms with Crippen LogP contribution in [0.4, 0.5) is 5.69 Å². The number of hydrogen-bond acceptors (Lipinski definition) is 2. The number of hydrazine groups is 1. The minimum Gasteiger partial charge on any atom is -0.303 e. The monoisotopic (exact) mass is 228 g/mol. The highest BCUT2D eigenvalue weighted by Crippen LogP contribution is 2.42. The molecule has 1 aromatic carbocycles. The summed E-state index contributed by atoms with van der Waals surface area (Å²) in [5.41, 5.74) is 1.40. The van der Waals surface area contributed by atoms with Gasteiger partial charge in [0.1, 0.15) is 0 Å². The minimum atomic E-state index is 0.767. The minimum absolute atomic E-state index is 0.767. The van der Waals surface area contributed by atoms with Crippen LogP contribution in [-0.4, -0.2) is 24.1 Å². The number of hydrogen-bond donors (Lipinski definition) is 0. The van der Waals surface area contributed by atoms with E-state index in [2.05, 4.69) is 40.3 Å². The third-order valence-electron chi connectivity index (χ3n) is 4.79. The molecule has 4 atom stereocenters. The van der Waals surface area contributed by atoms with Gasteiger partial charge in [-0.3, -0.25) is 0 Å². The second kappa shape index (κ2) is 3.74. The average Bonchev–Trinajstić information content (AvgIpc) is 2.57. The number of nitrogens with zero attached hydrogens (tertiary/aromatic N) is 2. The fourth-order valence-electron chi connectivity index (χ4n) is 4.19. The van der Waals surface area contributed by atoms with Crippen LogP contribution in [0, 0.1) is 11.8 Å². The van der Waals surface area contributed by atoms with Gasteiger partial charge in [-0.25, -0.2) is 5.01 Å². The van der Waals surface area contributed by atoms with Crippen LogP contribution < -0.4 is 5.01 Å². The largest absolute Gasteiger partial charge is 0.303 e. The normalized spacial score (nSPS) is 39.4. The first-order chi connectivity index (χ1) is 8.40. The Hall–Kier alpha value is -1.02. The SMILES string of the molecule is c1ccc(N2C3CCC4CC(C3)CN2C4)cc1. The van der Waals surface area contributed by atoms with E-state index in [0.717, 1.165) is 17.9 Å². The highest BCUT2D eigenvalue weighted by atomic mass is 15.6. The van der Waals surface area contributed by atoms with Crippen molar-refractivity contribution >= 4 is 5.69 Å². The molecular formula is C15H20N2. The highest BCUT2D eigenvalue weighted by Gasteiger charge is 2.42. The van der Waals surface area contributed by atoms with Gasteiger partial charge in [-0.2, -0.15) is 0 Å². The van der Waals surface area contributed by atoms with Gasteiger partial charge >= 0.3 is 0 Å². The van der Waals surface area contributed by atoms with Gasteiger partial charge in [-0.1, -0.05) is 18.2 Å². The third kappa shape index (κ3) is 1.58. The first-order valence-electron chi connectivity index (χ1n) is 6.99. The molecule has 3 aliphatic heterocycles. The van der Waals surface area contributed by atoms with E-state index in [4.69, 9.17) is 0 Å². The van der Waals surface area contributed by atoms with E-state index in [1.807, 2.05) is 0 Å². The molecule has 1 saturated carbocycles. The molecule has 0 N–H and O–H groups in total. The number of anilines is 1. The number of para-hydroxylation sites is 1. The summed E-state index contributed by atoms with van der Waals surface area (Å²) < 4.78 is 0. The summed E-state index contributed by atoms with van der Waals surface area (Å²) in [5, 5.41) is 5.24. The van der Waals surface area contributed by atoms with Crippen molar-refractivity contribution in [3.63, 3.8) is 0 Å². The van der Waals surface area contributed by atoms with Crippen molar-refractivity contribution in [2.45, 2.75) is 31.7 Å². The van der Waals surface area contributed by atoms with Gasteiger partial charge < -0.3 is 5.01 Å². The molecule has 1 aliphatic carbocycles. The fraction of sp³-hybridized carbons (Fsp3) is 0.600. The molecule has 4 fully saturated rings. The second-order valence-corrected chi connectivity index (χ2v) is 5.99. The number of benzene rings is 1. The van der Waals surface area contributed by atoms with Crippen LogP contribution in [0.15, 0.2) is 30.3 Å². The van der Waals surface area contributed by atoms with Crippen molar-refractivity contribution in [2.24, 2.45) is 11.8 Å². The van der Waals surface area contributed by atoms with E-state index in [1.54, 1.807) is 0 Å². The zero-order valence-corrected chi connectivity index (χ0v) is 10.3. The maximum Gasteiger partial charge on any atom is 0.0525 e. The molecular weight excluding hydrogens is 208 g/mol. The van der Waals surface area contributed by atoms with Crippen molar-refractivity contribution in [2.75, 3.05) is 18.1 Å². The second-order valence-electron chi connectivity index (χ2n) is 5.99. The molecule has 2 heteroatoms. The van der Waals surface area contributed by atoms with E-state index >= 15 is 0 Å². The smallest absolute Gasteiger partial charge is 0.0525 e. The van der Waals surface area contributed by atoms with Crippen molar-refractivity contribution in [1.29, 1.82) is 0 Å². The third-order valence-corrected chi connectivity index (χ3v) is 4.79. The van der Waals surface area contributed by atoms with Crippen LogP contribution in [0.25, 0.3) is 0 Å². The molecule has 5 rings (SSSR count). The average molecular weight is 228 g/mol. The lowest BCUT2D eigenvalue weighted by molar-refractivity contribution is 0.0765. The molecule has 4 unspecified atom stereocenters. The van der Waals surface area contributed by atoms with Crippen LogP contribution in [0.5, 0.6) is 0 Å². The van der Waals surface area contributed by atoms with Gasteiger partial charge in [0.15, 0.2) is 0 Å². The van der Waals surface area contributed by atoms with Crippen molar-refractivity contribution in [1.82, 2.24) is 5.01 Å². The Kier molecular flexibility index (Phi) is 2.19. The summed E-state index contributed by atoms with van der Waals surface area (Å²) in [7, 11) is 0. The Labute approximate surface area is 103 Å². The summed E-state index contributed by atoms with van der Waals surface area (Å²) in [4.78, 5) is 0. The summed E-state index contributed by atoms with van der Waals surface area (Å²) >= 11 is 0. The zero-order valence-electron chi connectivity index (χ0n) is 10.3. The Bertz CT molecular complexity index is 395. The predicted octanol–water partition coefficient (Wildman–Crippen LogP) is 2.91. The van der Waals surface area contributed by atoms with Crippen LogP contribution >= 0.6 is 0 Å². The maximum atomic E-state index is 2.63. The van der Waals surface area contributed by atoms with Crippen LogP contribution in [0.3, 0.4) is 0 Å². The topological polar surface area (TPSA) is 6.48 Å². The molecule has 0 spiro atoms. The molecule has 2 nitrogen and oxygen atoms in total. The Balaban J connectivity index is 1.72. The van der Waals surface area contributed by atoms with Gasteiger partial charge in [-0.15, -0.1) is 0 Å². The van der Waals surface area contributed by atoms with Gasteiger partial charge in [0.25, 0.3) is 0 Å². The molecule has 90 valence electrons. The lowest BCUT2D eigenvalue weighted by atomic mass is 9.87. The Morgan fingerprint density at radius 2 is 1.71 bits per heavy atom. The number of fused-ring (bicyclic) bond motifs is 1. The van der Waals surface area contributed by atoms with E-state index in [1.165, 1.54) is 44.5 Å². The molecule has 0 amide bonds. The van der Waals surface area contributed by atoms with E-state index in [-0.39, 0.29) is 0 Å².